The predicted molar refractivity (Wildman–Crippen MR) is 81.1 cm³/mol. The van der Waals surface area contributed by atoms with Crippen molar-refractivity contribution in [1.82, 2.24) is 14.8 Å². The molecule has 5 rings (SSSR count). The van der Waals surface area contributed by atoms with E-state index >= 15 is 0 Å². The SMILES string of the molecule is O=C1[C@@H]2Cc3c([nH]c4ccccc34)CN2C(=O)[C@H]2CCCN12. The van der Waals surface area contributed by atoms with Gasteiger partial charge in [-0.25, -0.2) is 0 Å². The quantitative estimate of drug-likeness (QED) is 0.799. The molecule has 0 saturated carbocycles. The molecule has 0 radical (unpaired) electrons. The molecule has 1 N–H and O–H groups in total. The van der Waals surface area contributed by atoms with E-state index in [-0.39, 0.29) is 23.9 Å². The van der Waals surface area contributed by atoms with Crippen molar-refractivity contribution < 1.29 is 9.59 Å². The molecule has 1 aromatic heterocycles. The summed E-state index contributed by atoms with van der Waals surface area (Å²) in [5, 5.41) is 1.18. The molecule has 0 unspecified atom stereocenters. The summed E-state index contributed by atoms with van der Waals surface area (Å²) in [6, 6.07) is 7.64. The number of aromatic nitrogens is 1. The van der Waals surface area contributed by atoms with Crippen molar-refractivity contribution in [2.75, 3.05) is 6.54 Å². The summed E-state index contributed by atoms with van der Waals surface area (Å²) in [7, 11) is 0. The highest BCUT2D eigenvalue weighted by atomic mass is 16.2. The maximum Gasteiger partial charge on any atom is 0.246 e. The Morgan fingerprint density at radius 3 is 2.77 bits per heavy atom. The number of benzene rings is 1. The summed E-state index contributed by atoms with van der Waals surface area (Å²) in [5.74, 6) is 0.268. The molecule has 4 heterocycles. The molecule has 2 saturated heterocycles. The Morgan fingerprint density at radius 2 is 1.86 bits per heavy atom. The highest BCUT2D eigenvalue weighted by Crippen LogP contribution is 2.35. The number of nitrogens with one attached hydrogen (secondary N) is 1. The Balaban J connectivity index is 1.62. The van der Waals surface area contributed by atoms with Crippen LogP contribution in [0.5, 0.6) is 0 Å². The minimum Gasteiger partial charge on any atom is -0.357 e. The van der Waals surface area contributed by atoms with Crippen LogP contribution in [0, 0.1) is 0 Å². The van der Waals surface area contributed by atoms with Crippen LogP contribution in [-0.2, 0) is 22.6 Å². The first-order valence-corrected chi connectivity index (χ1v) is 7.93. The Hall–Kier alpha value is -2.30. The van der Waals surface area contributed by atoms with Gasteiger partial charge in [0.1, 0.15) is 12.1 Å². The standard InChI is InChI=1S/C17H17N3O2/c21-16-14-6-3-7-19(14)17(22)15-8-11-10-4-1-2-5-12(10)18-13(11)9-20(15)16/h1-2,4-5,14-15,18H,3,6-9H2/t14-,15+/m1/s1. The van der Waals surface area contributed by atoms with Gasteiger partial charge >= 0.3 is 0 Å². The number of piperazine rings is 1. The first-order chi connectivity index (χ1) is 10.7. The van der Waals surface area contributed by atoms with Crippen molar-refractivity contribution in [3.8, 4) is 0 Å². The molecule has 2 atom stereocenters. The predicted octanol–water partition coefficient (Wildman–Crippen LogP) is 1.43. The Morgan fingerprint density at radius 1 is 1.05 bits per heavy atom. The lowest BCUT2D eigenvalue weighted by Crippen LogP contribution is -2.64. The van der Waals surface area contributed by atoms with Crippen molar-refractivity contribution in [2.24, 2.45) is 0 Å². The average molecular weight is 295 g/mol. The fourth-order valence-corrected chi connectivity index (χ4v) is 4.33. The lowest BCUT2D eigenvalue weighted by Gasteiger charge is -2.44. The Labute approximate surface area is 127 Å². The van der Waals surface area contributed by atoms with Gasteiger partial charge in [0.05, 0.1) is 6.54 Å². The van der Waals surface area contributed by atoms with Crippen LogP contribution in [0.4, 0.5) is 0 Å². The van der Waals surface area contributed by atoms with E-state index in [0.717, 1.165) is 30.6 Å². The molecule has 5 heteroatoms. The van der Waals surface area contributed by atoms with Crippen molar-refractivity contribution in [3.05, 3.63) is 35.5 Å². The van der Waals surface area contributed by atoms with Crippen LogP contribution in [0.25, 0.3) is 10.9 Å². The van der Waals surface area contributed by atoms with Gasteiger partial charge in [-0.15, -0.1) is 0 Å². The second-order valence-electron chi connectivity index (χ2n) is 6.50. The van der Waals surface area contributed by atoms with Gasteiger partial charge in [0, 0.05) is 29.6 Å². The number of carbonyl (C=O) groups is 2. The molecule has 3 aliphatic rings. The number of carbonyl (C=O) groups excluding carboxylic acids is 2. The van der Waals surface area contributed by atoms with Crippen molar-refractivity contribution in [1.29, 1.82) is 0 Å². The van der Waals surface area contributed by atoms with Crippen LogP contribution in [0.1, 0.15) is 24.1 Å². The van der Waals surface area contributed by atoms with Crippen LogP contribution in [0.3, 0.4) is 0 Å². The van der Waals surface area contributed by atoms with Gasteiger partial charge in [0.15, 0.2) is 0 Å². The highest BCUT2D eigenvalue weighted by molar-refractivity contribution is 5.99. The van der Waals surface area contributed by atoms with Crippen LogP contribution in [-0.4, -0.2) is 45.2 Å². The molecular weight excluding hydrogens is 278 g/mol. The Bertz CT molecular complexity index is 809. The second kappa shape index (κ2) is 4.12. The minimum absolute atomic E-state index is 0.131. The first-order valence-electron chi connectivity index (χ1n) is 7.93. The van der Waals surface area contributed by atoms with Crippen molar-refractivity contribution in [3.63, 3.8) is 0 Å². The topological polar surface area (TPSA) is 56.4 Å². The summed E-state index contributed by atoms with van der Waals surface area (Å²) >= 11 is 0. The maximum absolute atomic E-state index is 12.8. The number of para-hydroxylation sites is 1. The van der Waals surface area contributed by atoms with Gasteiger partial charge in [-0.1, -0.05) is 18.2 Å². The second-order valence-corrected chi connectivity index (χ2v) is 6.50. The molecule has 22 heavy (non-hydrogen) atoms. The van der Waals surface area contributed by atoms with E-state index in [2.05, 4.69) is 17.1 Å². The van der Waals surface area contributed by atoms with Gasteiger partial charge in [0.2, 0.25) is 11.8 Å². The zero-order valence-corrected chi connectivity index (χ0v) is 12.2. The number of fused-ring (bicyclic) bond motifs is 5. The third-order valence-electron chi connectivity index (χ3n) is 5.39. The lowest BCUT2D eigenvalue weighted by molar-refractivity contribution is -0.160. The summed E-state index contributed by atoms with van der Waals surface area (Å²) in [6.07, 6.45) is 2.39. The zero-order chi connectivity index (χ0) is 14.8. The van der Waals surface area contributed by atoms with Crippen LogP contribution in [0.2, 0.25) is 0 Å². The molecule has 2 amide bonds. The van der Waals surface area contributed by atoms with Gasteiger partial charge in [0.25, 0.3) is 0 Å². The summed E-state index contributed by atoms with van der Waals surface area (Å²) < 4.78 is 0. The molecule has 112 valence electrons. The molecule has 0 bridgehead atoms. The number of rotatable bonds is 0. The van der Waals surface area contributed by atoms with Crippen LogP contribution >= 0.6 is 0 Å². The van der Waals surface area contributed by atoms with Crippen molar-refractivity contribution in [2.45, 2.75) is 37.9 Å². The van der Waals surface area contributed by atoms with Gasteiger partial charge in [-0.2, -0.15) is 0 Å². The lowest BCUT2D eigenvalue weighted by atomic mass is 9.92. The van der Waals surface area contributed by atoms with Crippen LogP contribution < -0.4 is 0 Å². The molecule has 3 aliphatic heterocycles. The summed E-state index contributed by atoms with van der Waals surface area (Å²) in [5.41, 5.74) is 3.38. The largest absolute Gasteiger partial charge is 0.357 e. The van der Waals surface area contributed by atoms with E-state index in [0.29, 0.717) is 13.0 Å². The molecule has 0 aliphatic carbocycles. The molecule has 0 spiro atoms. The van der Waals surface area contributed by atoms with E-state index in [1.807, 2.05) is 17.0 Å². The molecule has 2 fully saturated rings. The molecule has 5 nitrogen and oxygen atoms in total. The highest BCUT2D eigenvalue weighted by Gasteiger charge is 2.49. The third kappa shape index (κ3) is 1.43. The van der Waals surface area contributed by atoms with Gasteiger partial charge in [-0.05, 0) is 24.5 Å². The van der Waals surface area contributed by atoms with E-state index < -0.39 is 0 Å². The fraction of sp³-hybridized carbons (Fsp3) is 0.412. The fourth-order valence-electron chi connectivity index (χ4n) is 4.33. The summed E-state index contributed by atoms with van der Waals surface area (Å²) in [6.45, 7) is 1.27. The van der Waals surface area contributed by atoms with Gasteiger partial charge in [-0.3, -0.25) is 9.59 Å². The number of nitrogens with zero attached hydrogens (tertiary/aromatic N) is 2. The number of amides is 2. The number of hydrogen-bond acceptors (Lipinski definition) is 2. The van der Waals surface area contributed by atoms with E-state index in [9.17, 15) is 9.59 Å². The molecule has 2 aromatic rings. The van der Waals surface area contributed by atoms with Gasteiger partial charge < -0.3 is 14.8 Å². The van der Waals surface area contributed by atoms with E-state index in [1.165, 1.54) is 10.9 Å². The number of hydrogen-bond donors (Lipinski definition) is 1. The number of aromatic amines is 1. The molecular formula is C17H17N3O2. The third-order valence-corrected chi connectivity index (χ3v) is 5.39. The Kier molecular flexibility index (Phi) is 2.30. The first kappa shape index (κ1) is 12.3. The zero-order valence-electron chi connectivity index (χ0n) is 12.2. The maximum atomic E-state index is 12.8. The van der Waals surface area contributed by atoms with Crippen LogP contribution in [0.15, 0.2) is 24.3 Å². The van der Waals surface area contributed by atoms with E-state index in [1.54, 1.807) is 4.90 Å². The normalized spacial score (nSPS) is 27.1. The average Bonchev–Trinajstić information content (AvgIpc) is 3.15. The van der Waals surface area contributed by atoms with E-state index in [4.69, 9.17) is 0 Å². The summed E-state index contributed by atoms with van der Waals surface area (Å²) in [4.78, 5) is 32.5. The monoisotopic (exact) mass is 295 g/mol. The number of H-pyrrole nitrogens is 1. The smallest absolute Gasteiger partial charge is 0.246 e. The van der Waals surface area contributed by atoms with Crippen molar-refractivity contribution >= 4 is 22.7 Å². The minimum atomic E-state index is -0.312. The molecule has 1 aromatic carbocycles.